The highest BCUT2D eigenvalue weighted by Gasteiger charge is 2.43. The quantitative estimate of drug-likeness (QED) is 0.806. The molecule has 1 aliphatic heterocycles. The summed E-state index contributed by atoms with van der Waals surface area (Å²) < 4.78 is 1.83. The Morgan fingerprint density at radius 1 is 1.61 bits per heavy atom. The summed E-state index contributed by atoms with van der Waals surface area (Å²) in [7, 11) is 0. The molecule has 1 unspecified atom stereocenters. The van der Waals surface area contributed by atoms with Gasteiger partial charge < -0.3 is 10.6 Å². The maximum atomic E-state index is 12.4. The lowest BCUT2D eigenvalue weighted by atomic mass is 9.75. The second-order valence-electron chi connectivity index (χ2n) is 5.26. The smallest absolute Gasteiger partial charge is 0.227 e. The maximum absolute atomic E-state index is 12.4. The maximum Gasteiger partial charge on any atom is 0.227 e. The zero-order valence-corrected chi connectivity index (χ0v) is 11.1. The fourth-order valence-electron chi connectivity index (χ4n) is 2.55. The number of nitrogens with zero attached hydrogens (tertiary/aromatic N) is 2. The van der Waals surface area contributed by atoms with Crippen LogP contribution in [0.5, 0.6) is 0 Å². The van der Waals surface area contributed by atoms with Crippen LogP contribution in [0.4, 0.5) is 0 Å². The van der Waals surface area contributed by atoms with Crippen LogP contribution in [0.3, 0.4) is 0 Å². The van der Waals surface area contributed by atoms with Crippen LogP contribution in [0.2, 0.25) is 0 Å². The van der Waals surface area contributed by atoms with E-state index >= 15 is 0 Å². The molecule has 1 aromatic heterocycles. The molecule has 0 bridgehead atoms. The Hall–Kier alpha value is -1.36. The van der Waals surface area contributed by atoms with E-state index in [1.165, 1.54) is 0 Å². The molecule has 5 nitrogen and oxygen atoms in total. The molecule has 0 aliphatic carbocycles. The summed E-state index contributed by atoms with van der Waals surface area (Å²) in [4.78, 5) is 12.4. The van der Waals surface area contributed by atoms with Crippen molar-refractivity contribution >= 4 is 5.91 Å². The Morgan fingerprint density at radius 2 is 2.44 bits per heavy atom. The molecule has 100 valence electrons. The number of hydrogen-bond donors (Lipinski definition) is 2. The highest BCUT2D eigenvalue weighted by Crippen LogP contribution is 2.34. The van der Waals surface area contributed by atoms with Crippen LogP contribution in [-0.4, -0.2) is 35.3 Å². The van der Waals surface area contributed by atoms with Crippen LogP contribution in [0.25, 0.3) is 0 Å². The topological polar surface area (TPSA) is 59.0 Å². The highest BCUT2D eigenvalue weighted by molar-refractivity contribution is 5.83. The predicted octanol–water partition coefficient (Wildman–Crippen LogP) is 0.635. The van der Waals surface area contributed by atoms with Gasteiger partial charge in [-0.2, -0.15) is 5.10 Å². The predicted molar refractivity (Wildman–Crippen MR) is 70.0 cm³/mol. The minimum absolute atomic E-state index is 0.176. The van der Waals surface area contributed by atoms with Crippen molar-refractivity contribution in [2.75, 3.05) is 19.6 Å². The summed E-state index contributed by atoms with van der Waals surface area (Å²) >= 11 is 0. The molecule has 0 aromatic carbocycles. The molecule has 2 rings (SSSR count). The van der Waals surface area contributed by atoms with Gasteiger partial charge in [-0.25, -0.2) is 0 Å². The van der Waals surface area contributed by atoms with E-state index in [9.17, 15) is 4.79 Å². The molecule has 1 aliphatic rings. The molecule has 1 amide bonds. The third-order valence-electron chi connectivity index (χ3n) is 3.93. The average molecular weight is 250 g/mol. The summed E-state index contributed by atoms with van der Waals surface area (Å²) in [6.07, 6.45) is 4.58. The molecule has 1 fully saturated rings. The Bertz CT molecular complexity index is 380. The van der Waals surface area contributed by atoms with Gasteiger partial charge in [0.15, 0.2) is 0 Å². The molecule has 2 N–H and O–H groups in total. The molecule has 1 atom stereocenters. The highest BCUT2D eigenvalue weighted by atomic mass is 16.2. The van der Waals surface area contributed by atoms with E-state index in [-0.39, 0.29) is 11.3 Å². The van der Waals surface area contributed by atoms with Gasteiger partial charge in [0.1, 0.15) is 0 Å². The lowest BCUT2D eigenvalue weighted by Gasteiger charge is -2.31. The molecular formula is C13H22N4O. The largest absolute Gasteiger partial charge is 0.354 e. The first kappa shape index (κ1) is 13.1. The lowest BCUT2D eigenvalue weighted by molar-refractivity contribution is -0.132. The number of hydrogen-bond acceptors (Lipinski definition) is 3. The van der Waals surface area contributed by atoms with Gasteiger partial charge in [0.25, 0.3) is 0 Å². The van der Waals surface area contributed by atoms with Gasteiger partial charge in [-0.3, -0.25) is 9.48 Å². The molecule has 0 radical (unpaired) electrons. The number of nitrogens with one attached hydrogen (secondary N) is 2. The number of aromatic nitrogens is 2. The summed E-state index contributed by atoms with van der Waals surface area (Å²) in [6, 6.07) is 1.89. The number of carbonyl (C=O) groups excluding carboxylic acids is 1. The Balaban J connectivity index is 1.86. The first-order valence-corrected chi connectivity index (χ1v) is 6.61. The molecule has 5 heteroatoms. The van der Waals surface area contributed by atoms with Crippen LogP contribution >= 0.6 is 0 Å². The summed E-state index contributed by atoms with van der Waals surface area (Å²) in [5.41, 5.74) is -0.232. The van der Waals surface area contributed by atoms with Gasteiger partial charge >= 0.3 is 0 Å². The van der Waals surface area contributed by atoms with Gasteiger partial charge in [0.2, 0.25) is 5.91 Å². The van der Waals surface area contributed by atoms with Crippen molar-refractivity contribution in [1.82, 2.24) is 20.4 Å². The molecule has 1 saturated heterocycles. The van der Waals surface area contributed by atoms with Crippen LogP contribution in [0.15, 0.2) is 18.5 Å². The summed E-state index contributed by atoms with van der Waals surface area (Å²) in [5.74, 6) is 0.534. The Morgan fingerprint density at radius 3 is 3.00 bits per heavy atom. The summed E-state index contributed by atoms with van der Waals surface area (Å²) in [6.45, 7) is 7.33. The van der Waals surface area contributed by atoms with Crippen LogP contribution in [-0.2, 0) is 11.3 Å². The molecular weight excluding hydrogens is 228 g/mol. The Kier molecular flexibility index (Phi) is 4.01. The Labute approximate surface area is 108 Å². The average Bonchev–Trinajstić information content (AvgIpc) is 3.00. The zero-order chi connectivity index (χ0) is 13.0. The minimum atomic E-state index is -0.232. The van der Waals surface area contributed by atoms with Gasteiger partial charge in [0, 0.05) is 25.5 Å². The third kappa shape index (κ3) is 2.56. The van der Waals surface area contributed by atoms with Crippen molar-refractivity contribution in [1.29, 1.82) is 0 Å². The molecule has 2 heterocycles. The second-order valence-corrected chi connectivity index (χ2v) is 5.26. The molecule has 0 spiro atoms. The van der Waals surface area contributed by atoms with E-state index in [1.807, 2.05) is 16.9 Å². The van der Waals surface area contributed by atoms with Crippen molar-refractivity contribution in [2.45, 2.75) is 26.8 Å². The second kappa shape index (κ2) is 5.52. The normalized spacial score (nSPS) is 23.5. The monoisotopic (exact) mass is 250 g/mol. The first-order valence-electron chi connectivity index (χ1n) is 6.61. The number of carbonyl (C=O) groups is 1. The van der Waals surface area contributed by atoms with Crippen molar-refractivity contribution in [3.8, 4) is 0 Å². The van der Waals surface area contributed by atoms with E-state index in [2.05, 4.69) is 29.6 Å². The third-order valence-corrected chi connectivity index (χ3v) is 3.93. The van der Waals surface area contributed by atoms with Crippen molar-refractivity contribution in [3.63, 3.8) is 0 Å². The molecule has 18 heavy (non-hydrogen) atoms. The van der Waals surface area contributed by atoms with Crippen LogP contribution < -0.4 is 10.6 Å². The van der Waals surface area contributed by atoms with E-state index in [0.717, 1.165) is 26.1 Å². The van der Waals surface area contributed by atoms with Gasteiger partial charge in [0.05, 0.1) is 12.0 Å². The van der Waals surface area contributed by atoms with Crippen LogP contribution in [0, 0.1) is 11.3 Å². The SMILES string of the molecule is CC(C)C1(C(=O)NCCn2cccn2)CCNC1. The first-order chi connectivity index (χ1) is 8.65. The minimum Gasteiger partial charge on any atom is -0.354 e. The lowest BCUT2D eigenvalue weighted by Crippen LogP contribution is -2.46. The van der Waals surface area contributed by atoms with E-state index < -0.39 is 0 Å². The van der Waals surface area contributed by atoms with Gasteiger partial charge in [-0.05, 0) is 24.9 Å². The van der Waals surface area contributed by atoms with Gasteiger partial charge in [-0.1, -0.05) is 13.8 Å². The van der Waals surface area contributed by atoms with Gasteiger partial charge in [-0.15, -0.1) is 0 Å². The van der Waals surface area contributed by atoms with Crippen LogP contribution in [0.1, 0.15) is 20.3 Å². The van der Waals surface area contributed by atoms with Crippen molar-refractivity contribution in [2.24, 2.45) is 11.3 Å². The van der Waals surface area contributed by atoms with Crippen molar-refractivity contribution in [3.05, 3.63) is 18.5 Å². The standard InChI is InChI=1S/C13H22N4O/c1-11(2)13(4-6-14-10-13)12(18)15-7-9-17-8-3-5-16-17/h3,5,8,11,14H,4,6-7,9-10H2,1-2H3,(H,15,18). The summed E-state index contributed by atoms with van der Waals surface area (Å²) in [5, 5.41) is 10.5. The molecule has 1 aromatic rings. The fourth-order valence-corrected chi connectivity index (χ4v) is 2.55. The zero-order valence-electron chi connectivity index (χ0n) is 11.1. The van der Waals surface area contributed by atoms with E-state index in [1.54, 1.807) is 6.20 Å². The molecule has 0 saturated carbocycles. The van der Waals surface area contributed by atoms with E-state index in [4.69, 9.17) is 0 Å². The number of rotatable bonds is 5. The number of amides is 1. The fraction of sp³-hybridized carbons (Fsp3) is 0.692. The van der Waals surface area contributed by atoms with Crippen molar-refractivity contribution < 1.29 is 4.79 Å². The van der Waals surface area contributed by atoms with E-state index in [0.29, 0.717) is 12.5 Å².